The highest BCUT2D eigenvalue weighted by Crippen LogP contribution is 2.34. The minimum Gasteiger partial charge on any atom is -0.343 e. The van der Waals surface area contributed by atoms with Gasteiger partial charge in [0.2, 0.25) is 5.91 Å². The molecule has 3 rings (SSSR count). The van der Waals surface area contributed by atoms with Gasteiger partial charge in [-0.15, -0.1) is 11.3 Å². The van der Waals surface area contributed by atoms with Crippen LogP contribution in [0.15, 0.2) is 18.5 Å². The lowest BCUT2D eigenvalue weighted by Gasteiger charge is -2.26. The second-order valence-electron chi connectivity index (χ2n) is 5.61. The van der Waals surface area contributed by atoms with Crippen molar-refractivity contribution in [2.45, 2.75) is 38.6 Å². The highest BCUT2D eigenvalue weighted by molar-refractivity contribution is 7.11. The number of carbonyl (C=O) groups is 1. The van der Waals surface area contributed by atoms with Crippen molar-refractivity contribution in [3.05, 3.63) is 34.0 Å². The molecule has 1 atom stereocenters. The van der Waals surface area contributed by atoms with E-state index < -0.39 is 0 Å². The highest BCUT2D eigenvalue weighted by atomic mass is 32.1. The monoisotopic (exact) mass is 304 g/mol. The molecule has 6 heteroatoms. The smallest absolute Gasteiger partial charge is 0.244 e. The van der Waals surface area contributed by atoms with E-state index in [0.717, 1.165) is 24.4 Å². The zero-order valence-electron chi connectivity index (χ0n) is 12.5. The zero-order valence-corrected chi connectivity index (χ0v) is 13.3. The van der Waals surface area contributed by atoms with Crippen LogP contribution >= 0.6 is 11.3 Å². The summed E-state index contributed by atoms with van der Waals surface area (Å²) < 4.78 is 1.66. The Hall–Kier alpha value is -1.69. The van der Waals surface area contributed by atoms with Crippen molar-refractivity contribution in [2.75, 3.05) is 13.6 Å². The number of aryl methyl sites for hydroxylation is 2. The van der Waals surface area contributed by atoms with Crippen LogP contribution in [0.25, 0.3) is 0 Å². The van der Waals surface area contributed by atoms with Crippen molar-refractivity contribution in [1.82, 2.24) is 19.7 Å². The Morgan fingerprint density at radius 2 is 2.43 bits per heavy atom. The Labute approximate surface area is 128 Å². The second kappa shape index (κ2) is 5.97. The average molecular weight is 304 g/mol. The van der Waals surface area contributed by atoms with Gasteiger partial charge in [-0.1, -0.05) is 0 Å². The van der Waals surface area contributed by atoms with Gasteiger partial charge in [0.05, 0.1) is 10.7 Å². The largest absolute Gasteiger partial charge is 0.343 e. The zero-order chi connectivity index (χ0) is 14.8. The number of carbonyl (C=O) groups excluding carboxylic acids is 1. The summed E-state index contributed by atoms with van der Waals surface area (Å²) in [6.07, 6.45) is 6.96. The van der Waals surface area contributed by atoms with Crippen molar-refractivity contribution in [1.29, 1.82) is 0 Å². The molecule has 0 radical (unpaired) electrons. The van der Waals surface area contributed by atoms with Gasteiger partial charge in [-0.2, -0.15) is 5.10 Å². The fraction of sp³-hybridized carbons (Fsp3) is 0.533. The summed E-state index contributed by atoms with van der Waals surface area (Å²) in [6.45, 7) is 3.11. The number of rotatable bonds is 4. The SMILES string of the molecule is Cc1nc2c(s1)CCC[C@@H]2CN(C)C(=O)Cn1cccn1. The first-order valence-corrected chi connectivity index (χ1v) is 8.12. The molecule has 0 unspecified atom stereocenters. The number of nitrogens with zero attached hydrogens (tertiary/aromatic N) is 4. The summed E-state index contributed by atoms with van der Waals surface area (Å²) in [7, 11) is 1.87. The van der Waals surface area contributed by atoms with Gasteiger partial charge in [-0.05, 0) is 32.3 Å². The van der Waals surface area contributed by atoms with Gasteiger partial charge in [-0.25, -0.2) is 4.98 Å². The standard InChI is InChI=1S/C15H20N4OS/c1-11-17-15-12(5-3-6-13(15)21-11)9-18(2)14(20)10-19-8-4-7-16-19/h4,7-8,12H,3,5-6,9-10H2,1-2H3/t12-/m1/s1. The summed E-state index contributed by atoms with van der Waals surface area (Å²) in [4.78, 5) is 20.2. The third kappa shape index (κ3) is 3.15. The summed E-state index contributed by atoms with van der Waals surface area (Å²) in [5.41, 5.74) is 1.22. The van der Waals surface area contributed by atoms with Gasteiger partial charge in [0, 0.05) is 36.8 Å². The first-order valence-electron chi connectivity index (χ1n) is 7.31. The molecule has 1 aliphatic rings. The van der Waals surface area contributed by atoms with Crippen LogP contribution in [0.1, 0.15) is 34.3 Å². The minimum absolute atomic E-state index is 0.0952. The van der Waals surface area contributed by atoms with Crippen LogP contribution in [0.5, 0.6) is 0 Å². The molecule has 2 aromatic rings. The van der Waals surface area contributed by atoms with E-state index in [1.807, 2.05) is 24.2 Å². The quantitative estimate of drug-likeness (QED) is 0.870. The summed E-state index contributed by atoms with van der Waals surface area (Å²) >= 11 is 1.80. The number of amides is 1. The molecule has 112 valence electrons. The molecule has 1 aliphatic carbocycles. The van der Waals surface area contributed by atoms with E-state index in [0.29, 0.717) is 12.5 Å². The van der Waals surface area contributed by atoms with Crippen LogP contribution in [0.3, 0.4) is 0 Å². The van der Waals surface area contributed by atoms with Crippen LogP contribution in [0.4, 0.5) is 0 Å². The van der Waals surface area contributed by atoms with Crippen molar-refractivity contribution in [3.63, 3.8) is 0 Å². The third-order valence-corrected chi connectivity index (χ3v) is 5.00. The number of fused-ring (bicyclic) bond motifs is 1. The van der Waals surface area contributed by atoms with E-state index >= 15 is 0 Å². The highest BCUT2D eigenvalue weighted by Gasteiger charge is 2.26. The molecule has 5 nitrogen and oxygen atoms in total. The van der Waals surface area contributed by atoms with Crippen molar-refractivity contribution < 1.29 is 4.79 Å². The number of likely N-dealkylation sites (N-methyl/N-ethyl adjacent to an activating group) is 1. The van der Waals surface area contributed by atoms with Gasteiger partial charge >= 0.3 is 0 Å². The van der Waals surface area contributed by atoms with Crippen LogP contribution in [-0.2, 0) is 17.8 Å². The van der Waals surface area contributed by atoms with Gasteiger partial charge in [-0.3, -0.25) is 9.48 Å². The Balaban J connectivity index is 1.65. The molecule has 21 heavy (non-hydrogen) atoms. The van der Waals surface area contributed by atoms with E-state index in [9.17, 15) is 4.79 Å². The van der Waals surface area contributed by atoms with Crippen LogP contribution in [-0.4, -0.2) is 39.2 Å². The first-order chi connectivity index (χ1) is 10.1. The topological polar surface area (TPSA) is 51.0 Å². The van der Waals surface area contributed by atoms with E-state index in [1.165, 1.54) is 17.0 Å². The summed E-state index contributed by atoms with van der Waals surface area (Å²) in [6, 6.07) is 1.83. The third-order valence-electron chi connectivity index (χ3n) is 3.95. The number of aromatic nitrogens is 3. The number of hydrogen-bond acceptors (Lipinski definition) is 4. The average Bonchev–Trinajstić information content (AvgIpc) is 3.07. The van der Waals surface area contributed by atoms with Crippen LogP contribution in [0, 0.1) is 6.92 Å². The molecule has 1 amide bonds. The molecule has 0 saturated heterocycles. The number of thiazole rings is 1. The molecule has 0 bridgehead atoms. The lowest BCUT2D eigenvalue weighted by atomic mass is 9.90. The summed E-state index contributed by atoms with van der Waals surface area (Å²) in [5, 5.41) is 5.22. The molecule has 0 aromatic carbocycles. The van der Waals surface area contributed by atoms with E-state index in [1.54, 1.807) is 22.2 Å². The van der Waals surface area contributed by atoms with E-state index in [-0.39, 0.29) is 5.91 Å². The predicted octanol–water partition coefficient (Wildman–Crippen LogP) is 2.23. The molecule has 0 aliphatic heterocycles. The van der Waals surface area contributed by atoms with Gasteiger partial charge in [0.15, 0.2) is 0 Å². The van der Waals surface area contributed by atoms with Crippen molar-refractivity contribution >= 4 is 17.2 Å². The Morgan fingerprint density at radius 1 is 1.57 bits per heavy atom. The van der Waals surface area contributed by atoms with Crippen molar-refractivity contribution in [2.24, 2.45) is 0 Å². The maximum Gasteiger partial charge on any atom is 0.244 e. The molecule has 0 N–H and O–H groups in total. The molecule has 0 spiro atoms. The van der Waals surface area contributed by atoms with E-state index in [4.69, 9.17) is 0 Å². The molecule has 0 fully saturated rings. The minimum atomic E-state index is 0.0952. The second-order valence-corrected chi connectivity index (χ2v) is 6.90. The molecule has 2 heterocycles. The fourth-order valence-corrected chi connectivity index (χ4v) is 3.96. The lowest BCUT2D eigenvalue weighted by molar-refractivity contribution is -0.131. The number of hydrogen-bond donors (Lipinski definition) is 0. The normalized spacial score (nSPS) is 17.5. The first kappa shape index (κ1) is 14.3. The summed E-state index contributed by atoms with van der Waals surface area (Å²) in [5.74, 6) is 0.475. The molecular formula is C15H20N4OS. The molecule has 2 aromatic heterocycles. The van der Waals surface area contributed by atoms with Gasteiger partial charge in [0.25, 0.3) is 0 Å². The van der Waals surface area contributed by atoms with Gasteiger partial charge < -0.3 is 4.90 Å². The van der Waals surface area contributed by atoms with Crippen LogP contribution in [0.2, 0.25) is 0 Å². The Kier molecular flexibility index (Phi) is 4.05. The lowest BCUT2D eigenvalue weighted by Crippen LogP contribution is -2.34. The fourth-order valence-electron chi connectivity index (χ4n) is 2.89. The Morgan fingerprint density at radius 3 is 3.19 bits per heavy atom. The maximum atomic E-state index is 12.2. The Bertz CT molecular complexity index is 620. The molecule has 0 saturated carbocycles. The van der Waals surface area contributed by atoms with Crippen molar-refractivity contribution in [3.8, 4) is 0 Å². The maximum absolute atomic E-state index is 12.2. The van der Waals surface area contributed by atoms with E-state index in [2.05, 4.69) is 17.0 Å². The predicted molar refractivity (Wildman–Crippen MR) is 82.4 cm³/mol. The molecular weight excluding hydrogens is 284 g/mol. The van der Waals surface area contributed by atoms with Gasteiger partial charge in [0.1, 0.15) is 6.54 Å². The van der Waals surface area contributed by atoms with Crippen LogP contribution < -0.4 is 0 Å².